The molecule has 0 saturated carbocycles. The molecule has 1 saturated heterocycles. The fourth-order valence-electron chi connectivity index (χ4n) is 2.09. The number of carbonyl (C=O) groups excluding carboxylic acids is 1. The van der Waals surface area contributed by atoms with Crippen molar-refractivity contribution in [3.8, 4) is 0 Å². The molecule has 1 unspecified atom stereocenters. The van der Waals surface area contributed by atoms with Crippen LogP contribution < -0.4 is 16.0 Å². The molecule has 2 rings (SSSR count). The standard InChI is InChI=1S/C14H23N5O2/c1-3-5-15-11-7-12(17-10-6-14(20)16-8-10)19-13(18-11)9-21-4-2/h7,10H,3-6,8-9H2,1-2H3,(H,16,20)(H2,15,17,18,19). The first-order chi connectivity index (χ1) is 10.2. The molecule has 21 heavy (non-hydrogen) atoms. The van der Waals surface area contributed by atoms with Gasteiger partial charge in [0, 0.05) is 32.2 Å². The third-order valence-corrected chi connectivity index (χ3v) is 3.09. The van der Waals surface area contributed by atoms with Gasteiger partial charge in [-0.25, -0.2) is 9.97 Å². The summed E-state index contributed by atoms with van der Waals surface area (Å²) in [6, 6.07) is 1.94. The van der Waals surface area contributed by atoms with E-state index < -0.39 is 0 Å². The lowest BCUT2D eigenvalue weighted by Gasteiger charge is -2.14. The van der Waals surface area contributed by atoms with Crippen molar-refractivity contribution in [3.05, 3.63) is 11.9 Å². The molecule has 0 aliphatic carbocycles. The number of hydrogen-bond donors (Lipinski definition) is 3. The highest BCUT2D eigenvalue weighted by atomic mass is 16.5. The molecular formula is C14H23N5O2. The fourth-order valence-corrected chi connectivity index (χ4v) is 2.09. The number of rotatable bonds is 8. The Morgan fingerprint density at radius 1 is 1.38 bits per heavy atom. The number of carbonyl (C=O) groups is 1. The number of anilines is 2. The van der Waals surface area contributed by atoms with E-state index in [1.165, 1.54) is 0 Å². The van der Waals surface area contributed by atoms with E-state index in [0.29, 0.717) is 32.0 Å². The molecule has 1 aliphatic rings. The van der Waals surface area contributed by atoms with Gasteiger partial charge in [-0.1, -0.05) is 6.92 Å². The normalized spacial score (nSPS) is 17.6. The quantitative estimate of drug-likeness (QED) is 0.666. The summed E-state index contributed by atoms with van der Waals surface area (Å²) in [5, 5.41) is 9.33. The van der Waals surface area contributed by atoms with Crippen molar-refractivity contribution < 1.29 is 9.53 Å². The largest absolute Gasteiger partial charge is 0.374 e. The second-order valence-corrected chi connectivity index (χ2v) is 4.97. The molecule has 7 nitrogen and oxygen atoms in total. The minimum absolute atomic E-state index is 0.0698. The first kappa shape index (κ1) is 15.5. The van der Waals surface area contributed by atoms with Crippen molar-refractivity contribution in [2.75, 3.05) is 30.3 Å². The van der Waals surface area contributed by atoms with E-state index in [1.807, 2.05) is 13.0 Å². The van der Waals surface area contributed by atoms with Crippen molar-refractivity contribution in [2.24, 2.45) is 0 Å². The van der Waals surface area contributed by atoms with Crippen LogP contribution in [0.2, 0.25) is 0 Å². The van der Waals surface area contributed by atoms with Crippen molar-refractivity contribution in [2.45, 2.75) is 39.3 Å². The molecule has 116 valence electrons. The molecule has 1 aromatic rings. The Kier molecular flexibility index (Phi) is 5.74. The second-order valence-electron chi connectivity index (χ2n) is 4.97. The smallest absolute Gasteiger partial charge is 0.222 e. The first-order valence-corrected chi connectivity index (χ1v) is 7.44. The maximum Gasteiger partial charge on any atom is 0.222 e. The molecular weight excluding hydrogens is 270 g/mol. The van der Waals surface area contributed by atoms with Crippen LogP contribution in [0.25, 0.3) is 0 Å². The van der Waals surface area contributed by atoms with Gasteiger partial charge in [0.25, 0.3) is 0 Å². The van der Waals surface area contributed by atoms with Gasteiger partial charge >= 0.3 is 0 Å². The summed E-state index contributed by atoms with van der Waals surface area (Å²) in [7, 11) is 0. The maximum absolute atomic E-state index is 11.2. The summed E-state index contributed by atoms with van der Waals surface area (Å²) in [4.78, 5) is 20.1. The molecule has 1 atom stereocenters. The zero-order chi connectivity index (χ0) is 15.1. The average molecular weight is 293 g/mol. The Morgan fingerprint density at radius 3 is 2.86 bits per heavy atom. The molecule has 3 N–H and O–H groups in total. The van der Waals surface area contributed by atoms with Crippen LogP contribution >= 0.6 is 0 Å². The molecule has 7 heteroatoms. The summed E-state index contributed by atoms with van der Waals surface area (Å²) in [6.45, 7) is 6.53. The van der Waals surface area contributed by atoms with Gasteiger partial charge in [-0.2, -0.15) is 0 Å². The Bertz CT molecular complexity index is 454. The maximum atomic E-state index is 11.2. The summed E-state index contributed by atoms with van der Waals surface area (Å²) < 4.78 is 5.37. The van der Waals surface area contributed by atoms with Crippen molar-refractivity contribution in [3.63, 3.8) is 0 Å². The van der Waals surface area contributed by atoms with E-state index in [4.69, 9.17) is 4.74 Å². The molecule has 0 radical (unpaired) electrons. The van der Waals surface area contributed by atoms with E-state index in [2.05, 4.69) is 32.8 Å². The highest BCUT2D eigenvalue weighted by molar-refractivity contribution is 5.79. The topological polar surface area (TPSA) is 88.2 Å². The van der Waals surface area contributed by atoms with Crippen LogP contribution in [0, 0.1) is 0 Å². The summed E-state index contributed by atoms with van der Waals surface area (Å²) in [6.07, 6.45) is 1.50. The first-order valence-electron chi connectivity index (χ1n) is 7.44. The lowest BCUT2D eigenvalue weighted by Crippen LogP contribution is -2.23. The third-order valence-electron chi connectivity index (χ3n) is 3.09. The Labute approximate surface area is 124 Å². The summed E-state index contributed by atoms with van der Waals surface area (Å²) in [5.41, 5.74) is 0. The van der Waals surface area contributed by atoms with Crippen LogP contribution in [0.5, 0.6) is 0 Å². The van der Waals surface area contributed by atoms with Crippen molar-refractivity contribution >= 4 is 17.5 Å². The number of nitrogens with zero attached hydrogens (tertiary/aromatic N) is 2. The fraction of sp³-hybridized carbons (Fsp3) is 0.643. The van der Waals surface area contributed by atoms with E-state index >= 15 is 0 Å². The molecule has 1 amide bonds. The van der Waals surface area contributed by atoms with Crippen molar-refractivity contribution in [1.29, 1.82) is 0 Å². The Balaban J connectivity index is 2.07. The van der Waals surface area contributed by atoms with Crippen LogP contribution in [0.4, 0.5) is 11.6 Å². The molecule has 1 aromatic heterocycles. The predicted octanol–water partition coefficient (Wildman–Crippen LogP) is 1.14. The van der Waals surface area contributed by atoms with Gasteiger partial charge in [0.15, 0.2) is 5.82 Å². The van der Waals surface area contributed by atoms with Gasteiger partial charge in [0.05, 0.1) is 6.04 Å². The van der Waals surface area contributed by atoms with Crippen LogP contribution in [0.1, 0.15) is 32.5 Å². The average Bonchev–Trinajstić information content (AvgIpc) is 2.88. The highest BCUT2D eigenvalue weighted by Crippen LogP contribution is 2.15. The van der Waals surface area contributed by atoms with Gasteiger partial charge in [-0.3, -0.25) is 4.79 Å². The van der Waals surface area contributed by atoms with Crippen LogP contribution in [-0.2, 0) is 16.1 Å². The van der Waals surface area contributed by atoms with Crippen molar-refractivity contribution in [1.82, 2.24) is 15.3 Å². The van der Waals surface area contributed by atoms with Crippen LogP contribution in [-0.4, -0.2) is 41.6 Å². The number of nitrogens with one attached hydrogen (secondary N) is 3. The highest BCUT2D eigenvalue weighted by Gasteiger charge is 2.21. The minimum atomic E-state index is 0.0698. The Morgan fingerprint density at radius 2 is 2.19 bits per heavy atom. The van der Waals surface area contributed by atoms with Gasteiger partial charge < -0.3 is 20.7 Å². The third kappa shape index (κ3) is 4.86. The number of aromatic nitrogens is 2. The van der Waals surface area contributed by atoms with Crippen LogP contribution in [0.15, 0.2) is 6.07 Å². The van der Waals surface area contributed by atoms with Crippen LogP contribution in [0.3, 0.4) is 0 Å². The van der Waals surface area contributed by atoms with E-state index in [1.54, 1.807) is 0 Å². The van der Waals surface area contributed by atoms with E-state index in [9.17, 15) is 4.79 Å². The second kappa shape index (κ2) is 7.78. The number of hydrogen-bond acceptors (Lipinski definition) is 6. The van der Waals surface area contributed by atoms with E-state index in [0.717, 1.165) is 24.6 Å². The van der Waals surface area contributed by atoms with Gasteiger partial charge in [0.2, 0.25) is 5.91 Å². The molecule has 1 fully saturated rings. The zero-order valence-electron chi connectivity index (χ0n) is 12.6. The minimum Gasteiger partial charge on any atom is -0.374 e. The number of ether oxygens (including phenoxy) is 1. The molecule has 0 aromatic carbocycles. The SMILES string of the molecule is CCCNc1cc(NC2CNC(=O)C2)nc(COCC)n1. The summed E-state index contributed by atoms with van der Waals surface area (Å²) >= 11 is 0. The lowest BCUT2D eigenvalue weighted by atomic mass is 10.2. The summed E-state index contributed by atoms with van der Waals surface area (Å²) in [5.74, 6) is 2.21. The van der Waals surface area contributed by atoms with Gasteiger partial charge in [-0.05, 0) is 13.3 Å². The predicted molar refractivity (Wildman–Crippen MR) is 81.2 cm³/mol. The molecule has 2 heterocycles. The Hall–Kier alpha value is -1.89. The zero-order valence-corrected chi connectivity index (χ0v) is 12.6. The molecule has 0 spiro atoms. The number of amides is 1. The van der Waals surface area contributed by atoms with Gasteiger partial charge in [-0.15, -0.1) is 0 Å². The monoisotopic (exact) mass is 293 g/mol. The molecule has 0 bridgehead atoms. The van der Waals surface area contributed by atoms with E-state index in [-0.39, 0.29) is 11.9 Å². The van der Waals surface area contributed by atoms with Gasteiger partial charge in [0.1, 0.15) is 18.2 Å². The molecule has 1 aliphatic heterocycles. The lowest BCUT2D eigenvalue weighted by molar-refractivity contribution is -0.119.